The van der Waals surface area contributed by atoms with E-state index in [1.807, 2.05) is 6.07 Å². The van der Waals surface area contributed by atoms with Gasteiger partial charge in [0.15, 0.2) is 5.96 Å². The first-order chi connectivity index (χ1) is 11.5. The van der Waals surface area contributed by atoms with Crippen LogP contribution in [0.1, 0.15) is 18.1 Å². The van der Waals surface area contributed by atoms with Crippen LogP contribution in [0.2, 0.25) is 0 Å². The predicted molar refractivity (Wildman–Crippen MR) is 91.5 cm³/mol. The van der Waals surface area contributed by atoms with Crippen LogP contribution in [0.3, 0.4) is 0 Å². The molecule has 132 valence electrons. The monoisotopic (exact) mass is 336 g/mol. The van der Waals surface area contributed by atoms with Gasteiger partial charge in [-0.2, -0.15) is 0 Å². The Morgan fingerprint density at radius 1 is 1.29 bits per heavy atom. The Kier molecular flexibility index (Phi) is 6.40. The van der Waals surface area contributed by atoms with Crippen LogP contribution in [0.15, 0.2) is 23.2 Å². The fourth-order valence-electron chi connectivity index (χ4n) is 2.65. The van der Waals surface area contributed by atoms with E-state index in [0.717, 1.165) is 11.5 Å². The number of hydrogen-bond donors (Lipinski definition) is 1. The van der Waals surface area contributed by atoms with Crippen LogP contribution in [-0.4, -0.2) is 61.7 Å². The number of carbonyl (C=O) groups is 1. The molecule has 6 nitrogen and oxygen atoms in total. The zero-order chi connectivity index (χ0) is 17.5. The van der Waals surface area contributed by atoms with Crippen LogP contribution in [0.4, 0.5) is 9.18 Å². The van der Waals surface area contributed by atoms with E-state index in [1.54, 1.807) is 31.9 Å². The summed E-state index contributed by atoms with van der Waals surface area (Å²) >= 11 is 0. The first kappa shape index (κ1) is 18.0. The first-order valence-corrected chi connectivity index (χ1v) is 8.17. The summed E-state index contributed by atoms with van der Waals surface area (Å²) in [6, 6.07) is 5.07. The maximum Gasteiger partial charge on any atom is 0.409 e. The van der Waals surface area contributed by atoms with Gasteiger partial charge in [-0.15, -0.1) is 0 Å². The van der Waals surface area contributed by atoms with E-state index in [-0.39, 0.29) is 11.9 Å². The lowest BCUT2D eigenvalue weighted by Gasteiger charge is -2.35. The van der Waals surface area contributed by atoms with Crippen molar-refractivity contribution in [3.8, 4) is 0 Å². The second-order valence-corrected chi connectivity index (χ2v) is 5.66. The molecule has 1 aromatic carbocycles. The number of aryl methyl sites for hydroxylation is 1. The molecule has 1 aromatic rings. The number of guanidine groups is 1. The Balaban J connectivity index is 1.86. The smallest absolute Gasteiger partial charge is 0.409 e. The van der Waals surface area contributed by atoms with E-state index in [4.69, 9.17) is 4.74 Å². The molecule has 0 bridgehead atoms. The molecule has 0 atom stereocenters. The molecule has 1 aliphatic heterocycles. The first-order valence-electron chi connectivity index (χ1n) is 8.17. The topological polar surface area (TPSA) is 57.2 Å². The summed E-state index contributed by atoms with van der Waals surface area (Å²) in [7, 11) is 1.73. The zero-order valence-corrected chi connectivity index (χ0v) is 14.5. The molecule has 0 unspecified atom stereocenters. The molecule has 0 radical (unpaired) electrons. The Hall–Kier alpha value is -2.31. The van der Waals surface area contributed by atoms with E-state index in [0.29, 0.717) is 44.9 Å². The summed E-state index contributed by atoms with van der Waals surface area (Å²) in [6.45, 7) is 7.12. The highest BCUT2D eigenvalue weighted by molar-refractivity contribution is 5.80. The third-order valence-electron chi connectivity index (χ3n) is 3.99. The Morgan fingerprint density at radius 2 is 1.96 bits per heavy atom. The molecule has 0 aliphatic carbocycles. The van der Waals surface area contributed by atoms with Gasteiger partial charge in [-0.3, -0.25) is 4.99 Å². The van der Waals surface area contributed by atoms with Crippen LogP contribution in [0.25, 0.3) is 0 Å². The van der Waals surface area contributed by atoms with Gasteiger partial charge in [0.1, 0.15) is 5.82 Å². The molecule has 1 amide bonds. The van der Waals surface area contributed by atoms with Gasteiger partial charge in [-0.25, -0.2) is 9.18 Å². The molecule has 24 heavy (non-hydrogen) atoms. The number of halogens is 1. The highest BCUT2D eigenvalue weighted by atomic mass is 19.1. The van der Waals surface area contributed by atoms with E-state index in [2.05, 4.69) is 15.2 Å². The van der Waals surface area contributed by atoms with Crippen molar-refractivity contribution in [2.45, 2.75) is 20.4 Å². The van der Waals surface area contributed by atoms with Crippen LogP contribution < -0.4 is 5.32 Å². The average Bonchev–Trinajstić information content (AvgIpc) is 2.59. The highest BCUT2D eigenvalue weighted by Gasteiger charge is 2.23. The standard InChI is InChI=1S/C17H25FN4O2/c1-4-24-17(23)22-9-7-21(8-10-22)16(19-3)20-12-14-5-6-15(18)13(2)11-14/h5-6,11H,4,7-10,12H2,1-3H3,(H,19,20). The molecule has 0 saturated carbocycles. The highest BCUT2D eigenvalue weighted by Crippen LogP contribution is 2.10. The molecule has 1 saturated heterocycles. The minimum atomic E-state index is -0.262. The number of benzene rings is 1. The SMILES string of the molecule is CCOC(=O)N1CCN(C(=NC)NCc2ccc(F)c(C)c2)CC1. The fraction of sp³-hybridized carbons (Fsp3) is 0.529. The zero-order valence-electron chi connectivity index (χ0n) is 14.5. The fourth-order valence-corrected chi connectivity index (χ4v) is 2.65. The van der Waals surface area contributed by atoms with Gasteiger partial charge in [-0.1, -0.05) is 12.1 Å². The summed E-state index contributed by atoms with van der Waals surface area (Å²) in [6.07, 6.45) is -0.262. The van der Waals surface area contributed by atoms with Gasteiger partial charge in [0.05, 0.1) is 6.61 Å². The minimum Gasteiger partial charge on any atom is -0.450 e. The number of nitrogens with one attached hydrogen (secondary N) is 1. The van der Waals surface area contributed by atoms with Crippen molar-refractivity contribution in [1.29, 1.82) is 0 Å². The number of amides is 1. The van der Waals surface area contributed by atoms with Crippen molar-refractivity contribution in [3.63, 3.8) is 0 Å². The molecular formula is C17H25FN4O2. The molecule has 1 heterocycles. The van der Waals surface area contributed by atoms with Crippen molar-refractivity contribution >= 4 is 12.1 Å². The van der Waals surface area contributed by atoms with Crippen molar-refractivity contribution < 1.29 is 13.9 Å². The lowest BCUT2D eigenvalue weighted by Crippen LogP contribution is -2.53. The number of ether oxygens (including phenoxy) is 1. The molecule has 7 heteroatoms. The minimum absolute atomic E-state index is 0.196. The number of piperazine rings is 1. The van der Waals surface area contributed by atoms with Gasteiger partial charge in [-0.05, 0) is 31.0 Å². The van der Waals surface area contributed by atoms with Crippen molar-refractivity contribution in [1.82, 2.24) is 15.1 Å². The third kappa shape index (κ3) is 4.59. The van der Waals surface area contributed by atoms with Gasteiger partial charge in [0.25, 0.3) is 0 Å². The second kappa shape index (κ2) is 8.52. The lowest BCUT2D eigenvalue weighted by atomic mass is 10.1. The van der Waals surface area contributed by atoms with E-state index >= 15 is 0 Å². The third-order valence-corrected chi connectivity index (χ3v) is 3.99. The molecular weight excluding hydrogens is 311 g/mol. The molecule has 1 aliphatic rings. The Morgan fingerprint density at radius 3 is 2.54 bits per heavy atom. The number of aliphatic imine (C=N–C) groups is 1. The van der Waals surface area contributed by atoms with Gasteiger partial charge >= 0.3 is 6.09 Å². The van der Waals surface area contributed by atoms with E-state index in [9.17, 15) is 9.18 Å². The predicted octanol–water partition coefficient (Wildman–Crippen LogP) is 1.98. The second-order valence-electron chi connectivity index (χ2n) is 5.66. The van der Waals surface area contributed by atoms with Crippen molar-refractivity contribution in [2.75, 3.05) is 39.8 Å². The maximum absolute atomic E-state index is 13.3. The largest absolute Gasteiger partial charge is 0.450 e. The molecule has 0 spiro atoms. The number of hydrogen-bond acceptors (Lipinski definition) is 3. The number of rotatable bonds is 3. The number of carbonyl (C=O) groups excluding carboxylic acids is 1. The molecule has 0 aromatic heterocycles. The van der Waals surface area contributed by atoms with Gasteiger partial charge in [0.2, 0.25) is 0 Å². The summed E-state index contributed by atoms with van der Waals surface area (Å²) in [5, 5.41) is 3.29. The van der Waals surface area contributed by atoms with Crippen LogP contribution in [-0.2, 0) is 11.3 Å². The Bertz CT molecular complexity index is 598. The summed E-state index contributed by atoms with van der Waals surface area (Å²) in [5.41, 5.74) is 1.63. The van der Waals surface area contributed by atoms with E-state index in [1.165, 1.54) is 6.07 Å². The maximum atomic E-state index is 13.3. The van der Waals surface area contributed by atoms with Gasteiger partial charge in [0, 0.05) is 39.8 Å². The van der Waals surface area contributed by atoms with Gasteiger partial charge < -0.3 is 19.9 Å². The average molecular weight is 336 g/mol. The summed E-state index contributed by atoms with van der Waals surface area (Å²) in [4.78, 5) is 19.8. The van der Waals surface area contributed by atoms with Crippen LogP contribution >= 0.6 is 0 Å². The summed E-state index contributed by atoms with van der Waals surface area (Å²) < 4.78 is 18.3. The lowest BCUT2D eigenvalue weighted by molar-refractivity contribution is 0.0914. The van der Waals surface area contributed by atoms with E-state index < -0.39 is 0 Å². The van der Waals surface area contributed by atoms with Crippen molar-refractivity contribution in [2.24, 2.45) is 4.99 Å². The quantitative estimate of drug-likeness (QED) is 0.677. The molecule has 2 rings (SSSR count). The van der Waals surface area contributed by atoms with Crippen molar-refractivity contribution in [3.05, 3.63) is 35.1 Å². The Labute approximate surface area is 142 Å². The van der Waals surface area contributed by atoms with Crippen LogP contribution in [0.5, 0.6) is 0 Å². The molecule has 1 N–H and O–H groups in total. The normalized spacial score (nSPS) is 15.4. The van der Waals surface area contributed by atoms with Crippen LogP contribution in [0, 0.1) is 12.7 Å². The summed E-state index contributed by atoms with van der Waals surface area (Å²) in [5.74, 6) is 0.582. The molecule has 1 fully saturated rings. The number of nitrogens with zero attached hydrogens (tertiary/aromatic N) is 3.